The Labute approximate surface area is 140 Å². The second-order valence-corrected chi connectivity index (χ2v) is 5.94. The molecule has 1 aromatic carbocycles. The quantitative estimate of drug-likeness (QED) is 0.937. The Balaban J connectivity index is 1.66. The molecule has 1 aliphatic rings. The molecule has 6 heteroatoms. The number of likely N-dealkylation sites (tertiary alicyclic amines) is 1. The molecule has 1 saturated heterocycles. The molecule has 0 radical (unpaired) electrons. The van der Waals surface area contributed by atoms with Crippen LogP contribution in [0.1, 0.15) is 26.2 Å². The first kappa shape index (κ1) is 16.2. The molecular weight excluding hydrogens is 306 g/mol. The van der Waals surface area contributed by atoms with Crippen molar-refractivity contribution < 1.29 is 14.0 Å². The highest BCUT2D eigenvalue weighted by atomic mass is 16.3. The normalized spacial score (nSPS) is 17.5. The number of oxazole rings is 1. The number of carbonyl (C=O) groups excluding carboxylic acids is 2. The Hall–Kier alpha value is -2.63. The minimum atomic E-state index is -0.167. The van der Waals surface area contributed by atoms with Crippen LogP contribution >= 0.6 is 0 Å². The van der Waals surface area contributed by atoms with Crippen LogP contribution in [0.4, 0.5) is 5.69 Å². The van der Waals surface area contributed by atoms with Crippen LogP contribution < -0.4 is 5.32 Å². The van der Waals surface area contributed by atoms with E-state index >= 15 is 0 Å². The summed E-state index contributed by atoms with van der Waals surface area (Å²) in [6.45, 7) is 3.09. The number of carbonyl (C=O) groups is 2. The molecule has 0 bridgehead atoms. The summed E-state index contributed by atoms with van der Waals surface area (Å²) in [7, 11) is 0. The molecule has 1 aromatic heterocycles. The first-order valence-electron chi connectivity index (χ1n) is 8.26. The maximum Gasteiger partial charge on any atom is 0.229 e. The maximum absolute atomic E-state index is 12.5. The van der Waals surface area contributed by atoms with E-state index < -0.39 is 0 Å². The molecule has 1 N–H and O–H groups in total. The van der Waals surface area contributed by atoms with Crippen LogP contribution in [0.25, 0.3) is 11.5 Å². The minimum Gasteiger partial charge on any atom is -0.445 e. The van der Waals surface area contributed by atoms with Gasteiger partial charge in [0, 0.05) is 30.8 Å². The predicted octanol–water partition coefficient (Wildman–Crippen LogP) is 2.93. The van der Waals surface area contributed by atoms with Gasteiger partial charge in [-0.2, -0.15) is 0 Å². The van der Waals surface area contributed by atoms with Crippen LogP contribution in [0.2, 0.25) is 0 Å². The van der Waals surface area contributed by atoms with E-state index in [2.05, 4.69) is 10.3 Å². The Kier molecular flexibility index (Phi) is 4.93. The number of rotatable bonds is 4. The van der Waals surface area contributed by atoms with E-state index in [1.807, 2.05) is 31.2 Å². The summed E-state index contributed by atoms with van der Waals surface area (Å²) in [6.07, 6.45) is 5.25. The molecular formula is C18H21N3O3. The fourth-order valence-electron chi connectivity index (χ4n) is 2.98. The largest absolute Gasteiger partial charge is 0.445 e. The van der Waals surface area contributed by atoms with Crippen LogP contribution in [0, 0.1) is 5.92 Å². The van der Waals surface area contributed by atoms with Gasteiger partial charge in [-0.3, -0.25) is 9.59 Å². The fraction of sp³-hybridized carbons (Fsp3) is 0.389. The zero-order chi connectivity index (χ0) is 16.9. The Morgan fingerprint density at radius 1 is 1.42 bits per heavy atom. The van der Waals surface area contributed by atoms with Gasteiger partial charge in [-0.25, -0.2) is 4.98 Å². The van der Waals surface area contributed by atoms with Gasteiger partial charge < -0.3 is 14.6 Å². The van der Waals surface area contributed by atoms with Crippen molar-refractivity contribution in [2.45, 2.75) is 26.2 Å². The number of amides is 2. The predicted molar refractivity (Wildman–Crippen MR) is 90.2 cm³/mol. The second kappa shape index (κ2) is 7.29. The lowest BCUT2D eigenvalue weighted by Gasteiger charge is -2.31. The molecule has 126 valence electrons. The van der Waals surface area contributed by atoms with Gasteiger partial charge in [-0.1, -0.05) is 13.0 Å². The monoisotopic (exact) mass is 327 g/mol. The molecule has 2 aromatic rings. The van der Waals surface area contributed by atoms with Gasteiger partial charge in [0.15, 0.2) is 0 Å². The maximum atomic E-state index is 12.5. The number of anilines is 1. The third kappa shape index (κ3) is 3.64. The smallest absolute Gasteiger partial charge is 0.229 e. The number of nitrogens with zero attached hydrogens (tertiary/aromatic N) is 2. The zero-order valence-electron chi connectivity index (χ0n) is 13.7. The number of aromatic nitrogens is 1. The highest BCUT2D eigenvalue weighted by Crippen LogP contribution is 2.23. The lowest BCUT2D eigenvalue weighted by molar-refractivity contribution is -0.134. The van der Waals surface area contributed by atoms with Crippen molar-refractivity contribution in [3.05, 3.63) is 36.7 Å². The number of benzene rings is 1. The standard InChI is InChI=1S/C18H21N3O3/c1-2-16(22)21-9-4-6-14(12-21)17(23)20-15-7-3-5-13(11-15)18-19-8-10-24-18/h3,5,7-8,10-11,14H,2,4,6,9,12H2,1H3,(H,20,23)/t14-/m1/s1. The SMILES string of the molecule is CCC(=O)N1CCC[C@@H](C(=O)Nc2cccc(-c3ncco3)c2)C1. The minimum absolute atomic E-state index is 0.0480. The molecule has 0 saturated carbocycles. The molecule has 1 aliphatic heterocycles. The van der Waals surface area contributed by atoms with Crippen molar-refractivity contribution in [3.8, 4) is 11.5 Å². The number of hydrogen-bond acceptors (Lipinski definition) is 4. The summed E-state index contributed by atoms with van der Waals surface area (Å²) in [5, 5.41) is 2.95. The van der Waals surface area contributed by atoms with Crippen molar-refractivity contribution >= 4 is 17.5 Å². The van der Waals surface area contributed by atoms with Gasteiger partial charge in [-0.15, -0.1) is 0 Å². The molecule has 0 aliphatic carbocycles. The molecule has 24 heavy (non-hydrogen) atoms. The Morgan fingerprint density at radius 3 is 3.04 bits per heavy atom. The van der Waals surface area contributed by atoms with Crippen molar-refractivity contribution in [2.24, 2.45) is 5.92 Å². The Morgan fingerprint density at radius 2 is 2.29 bits per heavy atom. The lowest BCUT2D eigenvalue weighted by atomic mass is 9.96. The van der Waals surface area contributed by atoms with Crippen LogP contribution in [0.15, 0.2) is 41.1 Å². The van der Waals surface area contributed by atoms with Gasteiger partial charge in [0.2, 0.25) is 17.7 Å². The van der Waals surface area contributed by atoms with Gasteiger partial charge in [0.05, 0.1) is 12.1 Å². The summed E-state index contributed by atoms with van der Waals surface area (Å²) in [5.41, 5.74) is 1.51. The van der Waals surface area contributed by atoms with Crippen molar-refractivity contribution in [3.63, 3.8) is 0 Å². The van der Waals surface area contributed by atoms with Crippen molar-refractivity contribution in [1.82, 2.24) is 9.88 Å². The van der Waals surface area contributed by atoms with Gasteiger partial charge in [0.1, 0.15) is 6.26 Å². The molecule has 1 atom stereocenters. The number of nitrogens with one attached hydrogen (secondary N) is 1. The lowest BCUT2D eigenvalue weighted by Crippen LogP contribution is -2.43. The van der Waals surface area contributed by atoms with E-state index in [4.69, 9.17) is 4.42 Å². The summed E-state index contributed by atoms with van der Waals surface area (Å²) in [4.78, 5) is 30.3. The average Bonchev–Trinajstić information content (AvgIpc) is 3.16. The van der Waals surface area contributed by atoms with Crippen molar-refractivity contribution in [2.75, 3.05) is 18.4 Å². The summed E-state index contributed by atoms with van der Waals surface area (Å²) in [6, 6.07) is 7.40. The van der Waals surface area contributed by atoms with E-state index in [-0.39, 0.29) is 17.7 Å². The Bertz CT molecular complexity index is 712. The van der Waals surface area contributed by atoms with Crippen molar-refractivity contribution in [1.29, 1.82) is 0 Å². The third-order valence-electron chi connectivity index (χ3n) is 4.26. The highest BCUT2D eigenvalue weighted by Gasteiger charge is 2.27. The number of piperidine rings is 1. The molecule has 0 unspecified atom stereocenters. The van der Waals surface area contributed by atoms with E-state index in [0.29, 0.717) is 24.5 Å². The average molecular weight is 327 g/mol. The fourth-order valence-corrected chi connectivity index (χ4v) is 2.98. The summed E-state index contributed by atoms with van der Waals surface area (Å²) in [5.74, 6) is 0.412. The summed E-state index contributed by atoms with van der Waals surface area (Å²) >= 11 is 0. The highest BCUT2D eigenvalue weighted by molar-refractivity contribution is 5.93. The van der Waals surface area contributed by atoms with E-state index in [1.54, 1.807) is 11.1 Å². The summed E-state index contributed by atoms with van der Waals surface area (Å²) < 4.78 is 5.28. The van der Waals surface area contributed by atoms with E-state index in [0.717, 1.165) is 24.9 Å². The van der Waals surface area contributed by atoms with Gasteiger partial charge in [0.25, 0.3) is 0 Å². The zero-order valence-corrected chi connectivity index (χ0v) is 13.7. The number of hydrogen-bond donors (Lipinski definition) is 1. The van der Waals surface area contributed by atoms with Crippen LogP contribution in [0.5, 0.6) is 0 Å². The van der Waals surface area contributed by atoms with E-state index in [9.17, 15) is 9.59 Å². The molecule has 0 spiro atoms. The molecule has 1 fully saturated rings. The van der Waals surface area contributed by atoms with Crippen LogP contribution in [-0.4, -0.2) is 34.8 Å². The molecule has 6 nitrogen and oxygen atoms in total. The first-order chi connectivity index (χ1) is 11.7. The second-order valence-electron chi connectivity index (χ2n) is 5.94. The molecule has 2 heterocycles. The van der Waals surface area contributed by atoms with Gasteiger partial charge in [-0.05, 0) is 31.0 Å². The topological polar surface area (TPSA) is 75.4 Å². The molecule has 2 amide bonds. The first-order valence-corrected chi connectivity index (χ1v) is 8.26. The van der Waals surface area contributed by atoms with Crippen LogP contribution in [0.3, 0.4) is 0 Å². The van der Waals surface area contributed by atoms with E-state index in [1.165, 1.54) is 6.26 Å². The molecule has 3 rings (SSSR count). The third-order valence-corrected chi connectivity index (χ3v) is 4.26. The van der Waals surface area contributed by atoms with Crippen LogP contribution in [-0.2, 0) is 9.59 Å². The van der Waals surface area contributed by atoms with Gasteiger partial charge >= 0.3 is 0 Å².